The summed E-state index contributed by atoms with van der Waals surface area (Å²) >= 11 is 0. The Hall–Kier alpha value is -2.81. The number of ether oxygens (including phenoxy) is 2. The molecule has 0 N–H and O–H groups in total. The predicted molar refractivity (Wildman–Crippen MR) is 138 cm³/mol. The highest BCUT2D eigenvalue weighted by Gasteiger charge is 2.33. The molecule has 0 radical (unpaired) electrons. The number of anilines is 2. The largest absolute Gasteiger partial charge is 0.490 e. The number of nitrogens with zero attached hydrogens (tertiary/aromatic N) is 3. The van der Waals surface area contributed by atoms with Crippen molar-refractivity contribution in [3.63, 3.8) is 0 Å². The van der Waals surface area contributed by atoms with Crippen LogP contribution < -0.4 is 14.4 Å². The number of aromatic nitrogens is 1. The van der Waals surface area contributed by atoms with E-state index >= 15 is 0 Å². The Kier molecular flexibility index (Phi) is 6.85. The van der Waals surface area contributed by atoms with Gasteiger partial charge in [0.2, 0.25) is 5.91 Å². The third-order valence-electron chi connectivity index (χ3n) is 7.60. The molecular formula is C27H35N3O5S. The van der Waals surface area contributed by atoms with Gasteiger partial charge in [-0.2, -0.15) is 0 Å². The number of rotatable bonds is 5. The summed E-state index contributed by atoms with van der Waals surface area (Å²) in [6.45, 7) is 6.52. The Morgan fingerprint density at radius 3 is 2.61 bits per heavy atom. The Balaban J connectivity index is 1.29. The van der Waals surface area contributed by atoms with Crippen LogP contribution in [0.4, 0.5) is 11.4 Å². The van der Waals surface area contributed by atoms with Gasteiger partial charge >= 0.3 is 0 Å². The van der Waals surface area contributed by atoms with E-state index in [1.54, 1.807) is 13.1 Å². The molecule has 1 saturated carbocycles. The fourth-order valence-corrected chi connectivity index (χ4v) is 6.49. The van der Waals surface area contributed by atoms with Gasteiger partial charge in [-0.25, -0.2) is 13.4 Å². The van der Waals surface area contributed by atoms with Gasteiger partial charge in [-0.05, 0) is 62.3 Å². The number of aryl methyl sites for hydroxylation is 1. The molecule has 1 aliphatic carbocycles. The van der Waals surface area contributed by atoms with Gasteiger partial charge in [0.25, 0.3) is 0 Å². The number of likely N-dealkylation sites (tertiary alicyclic amines) is 1. The van der Waals surface area contributed by atoms with Crippen molar-refractivity contribution in [2.24, 2.45) is 11.8 Å². The van der Waals surface area contributed by atoms with Crippen molar-refractivity contribution >= 4 is 27.1 Å². The number of sulfone groups is 1. The second-order valence-electron chi connectivity index (χ2n) is 10.5. The molecule has 5 rings (SSSR count). The minimum Gasteiger partial charge on any atom is -0.490 e. The molecule has 3 heterocycles. The number of carbonyl (C=O) groups excluding carboxylic acids is 1. The van der Waals surface area contributed by atoms with E-state index in [-0.39, 0.29) is 17.0 Å². The third kappa shape index (κ3) is 5.16. The van der Waals surface area contributed by atoms with Crippen molar-refractivity contribution in [3.05, 3.63) is 36.0 Å². The molecule has 2 aromatic rings. The Bertz CT molecular complexity index is 1240. The number of benzene rings is 1. The van der Waals surface area contributed by atoms with Gasteiger partial charge in [0.15, 0.2) is 14.9 Å². The molecule has 1 amide bonds. The van der Waals surface area contributed by atoms with E-state index in [4.69, 9.17) is 9.47 Å². The fourth-order valence-electron chi connectivity index (χ4n) is 5.60. The maximum atomic E-state index is 13.0. The summed E-state index contributed by atoms with van der Waals surface area (Å²) in [6.07, 6.45) is 7.84. The lowest BCUT2D eigenvalue weighted by Crippen LogP contribution is -2.37. The van der Waals surface area contributed by atoms with Crippen LogP contribution in [0.5, 0.6) is 11.5 Å². The van der Waals surface area contributed by atoms with E-state index < -0.39 is 9.84 Å². The molecule has 1 aromatic heterocycles. The molecule has 194 valence electrons. The second kappa shape index (κ2) is 9.92. The molecule has 2 aliphatic heterocycles. The highest BCUT2D eigenvalue weighted by Crippen LogP contribution is 2.40. The van der Waals surface area contributed by atoms with Crippen molar-refractivity contribution in [1.82, 2.24) is 9.88 Å². The molecule has 1 aromatic carbocycles. The Morgan fingerprint density at radius 2 is 1.89 bits per heavy atom. The molecule has 0 unspecified atom stereocenters. The molecule has 1 saturated heterocycles. The summed E-state index contributed by atoms with van der Waals surface area (Å²) in [5.41, 5.74) is 2.27. The molecule has 9 heteroatoms. The molecule has 2 fully saturated rings. The van der Waals surface area contributed by atoms with E-state index in [2.05, 4.69) is 16.8 Å². The van der Waals surface area contributed by atoms with Crippen molar-refractivity contribution in [2.75, 3.05) is 37.4 Å². The normalized spacial score (nSPS) is 24.2. The van der Waals surface area contributed by atoms with Gasteiger partial charge in [-0.1, -0.05) is 6.92 Å². The number of pyridine rings is 1. The first kappa shape index (κ1) is 24.9. The monoisotopic (exact) mass is 513 g/mol. The molecule has 36 heavy (non-hydrogen) atoms. The highest BCUT2D eigenvalue weighted by molar-refractivity contribution is 7.90. The first-order valence-corrected chi connectivity index (χ1v) is 14.7. The van der Waals surface area contributed by atoms with Crippen LogP contribution in [-0.2, 0) is 14.6 Å². The lowest BCUT2D eigenvalue weighted by Gasteiger charge is -2.32. The number of hydrogen-bond acceptors (Lipinski definition) is 7. The van der Waals surface area contributed by atoms with E-state index in [0.29, 0.717) is 31.2 Å². The molecule has 8 nitrogen and oxygen atoms in total. The fraction of sp³-hybridized carbons (Fsp3) is 0.556. The van der Waals surface area contributed by atoms with E-state index in [1.165, 1.54) is 6.26 Å². The average molecular weight is 514 g/mol. The lowest BCUT2D eigenvalue weighted by atomic mass is 9.82. The maximum Gasteiger partial charge on any atom is 0.225 e. The van der Waals surface area contributed by atoms with Gasteiger partial charge in [0.05, 0.1) is 30.7 Å². The summed E-state index contributed by atoms with van der Waals surface area (Å²) in [5, 5.41) is 0.0971. The van der Waals surface area contributed by atoms with Crippen molar-refractivity contribution in [3.8, 4) is 11.5 Å². The first-order valence-electron chi connectivity index (χ1n) is 12.9. The Labute approximate surface area is 213 Å². The van der Waals surface area contributed by atoms with Crippen LogP contribution in [-0.4, -0.2) is 62.8 Å². The molecule has 0 spiro atoms. The summed E-state index contributed by atoms with van der Waals surface area (Å²) in [4.78, 5) is 21.3. The maximum absolute atomic E-state index is 13.0. The molecular weight excluding hydrogens is 478 g/mol. The van der Waals surface area contributed by atoms with Crippen LogP contribution in [0.15, 0.2) is 35.5 Å². The van der Waals surface area contributed by atoms with Gasteiger partial charge in [0.1, 0.15) is 24.2 Å². The summed E-state index contributed by atoms with van der Waals surface area (Å²) in [7, 11) is -3.38. The predicted octanol–water partition coefficient (Wildman–Crippen LogP) is 4.13. The number of carbonyl (C=O) groups is 1. The minimum atomic E-state index is -3.38. The minimum absolute atomic E-state index is 0.0366. The van der Waals surface area contributed by atoms with Crippen LogP contribution in [0, 0.1) is 18.8 Å². The van der Waals surface area contributed by atoms with Crippen molar-refractivity contribution in [2.45, 2.75) is 57.1 Å². The third-order valence-corrected chi connectivity index (χ3v) is 8.73. The zero-order valence-electron chi connectivity index (χ0n) is 21.3. The first-order chi connectivity index (χ1) is 17.2. The smallest absolute Gasteiger partial charge is 0.225 e. The highest BCUT2D eigenvalue weighted by atomic mass is 32.2. The van der Waals surface area contributed by atoms with Gasteiger partial charge < -0.3 is 19.3 Å². The number of amides is 1. The molecule has 3 aliphatic rings. The lowest BCUT2D eigenvalue weighted by molar-refractivity contribution is -0.136. The zero-order chi connectivity index (χ0) is 25.4. The topological polar surface area (TPSA) is 89.0 Å². The Morgan fingerprint density at radius 1 is 1.11 bits per heavy atom. The summed E-state index contributed by atoms with van der Waals surface area (Å²) in [6, 6.07) is 7.62. The van der Waals surface area contributed by atoms with Crippen LogP contribution in [0.1, 0.15) is 44.6 Å². The van der Waals surface area contributed by atoms with Crippen LogP contribution in [0.2, 0.25) is 0 Å². The van der Waals surface area contributed by atoms with Gasteiger partial charge in [-0.15, -0.1) is 0 Å². The quantitative estimate of drug-likeness (QED) is 0.594. The van der Waals surface area contributed by atoms with E-state index in [0.717, 1.165) is 67.4 Å². The van der Waals surface area contributed by atoms with Crippen LogP contribution in [0.25, 0.3) is 0 Å². The van der Waals surface area contributed by atoms with E-state index in [9.17, 15) is 13.2 Å². The van der Waals surface area contributed by atoms with Crippen LogP contribution in [0.3, 0.4) is 0 Å². The van der Waals surface area contributed by atoms with Gasteiger partial charge in [-0.3, -0.25) is 4.79 Å². The average Bonchev–Trinajstić information content (AvgIpc) is 3.31. The van der Waals surface area contributed by atoms with E-state index in [1.807, 2.05) is 29.2 Å². The standard InChI is InChI=1S/C27H35N3O5S/c1-18-4-6-20(7-5-18)27(31)29-11-10-23(17-29)35-22-8-9-25-24(15-22)30(12-13-34-25)21-14-19(2)26(28-16-21)36(3,32)33/h8-9,14-16,18,20,23H,4-7,10-13,17H2,1-3H3/t18?,20?,23-/m0/s1. The summed E-state index contributed by atoms with van der Waals surface area (Å²) in [5.74, 6) is 2.66. The van der Waals surface area contributed by atoms with Crippen LogP contribution >= 0.6 is 0 Å². The number of hydrogen-bond donors (Lipinski definition) is 0. The second-order valence-corrected chi connectivity index (χ2v) is 12.4. The van der Waals surface area contributed by atoms with Crippen molar-refractivity contribution < 1.29 is 22.7 Å². The van der Waals surface area contributed by atoms with Gasteiger partial charge in [0, 0.05) is 31.2 Å². The summed E-state index contributed by atoms with van der Waals surface area (Å²) < 4.78 is 36.2. The molecule has 0 bridgehead atoms. The number of fused-ring (bicyclic) bond motifs is 1. The zero-order valence-corrected chi connectivity index (χ0v) is 22.1. The molecule has 1 atom stereocenters. The van der Waals surface area contributed by atoms with Crippen molar-refractivity contribution in [1.29, 1.82) is 0 Å². The SMILES string of the molecule is Cc1cc(N2CCOc3ccc(O[C@H]4CCN(C(=O)C5CCC(C)CC5)C4)cc32)cnc1S(C)(=O)=O.